The highest BCUT2D eigenvalue weighted by Crippen LogP contribution is 2.18. The maximum absolute atomic E-state index is 5.99. The fourth-order valence-electron chi connectivity index (χ4n) is 2.95. The average Bonchev–Trinajstić information content (AvgIpc) is 2.80. The van der Waals surface area contributed by atoms with Crippen molar-refractivity contribution in [2.45, 2.75) is 46.2 Å². The van der Waals surface area contributed by atoms with Crippen molar-refractivity contribution in [2.24, 2.45) is 5.92 Å². The largest absolute Gasteiger partial charge is 0.463 e. The molecule has 0 radical (unpaired) electrons. The summed E-state index contributed by atoms with van der Waals surface area (Å²) in [6.07, 6.45) is 3.64. The van der Waals surface area contributed by atoms with Gasteiger partial charge in [-0.3, -0.25) is 4.90 Å². The molecule has 0 aromatic carbocycles. The molecular weight excluding hydrogens is 264 g/mol. The van der Waals surface area contributed by atoms with Gasteiger partial charge in [-0.15, -0.1) is 0 Å². The van der Waals surface area contributed by atoms with E-state index in [4.69, 9.17) is 9.15 Å². The van der Waals surface area contributed by atoms with Crippen LogP contribution in [0.5, 0.6) is 0 Å². The summed E-state index contributed by atoms with van der Waals surface area (Å²) in [5, 5.41) is 3.40. The second-order valence-corrected chi connectivity index (χ2v) is 6.28. The summed E-state index contributed by atoms with van der Waals surface area (Å²) in [5.41, 5.74) is 1.25. The lowest BCUT2D eigenvalue weighted by Gasteiger charge is -2.26. The molecule has 120 valence electrons. The quantitative estimate of drug-likeness (QED) is 0.748. The molecule has 0 spiro atoms. The van der Waals surface area contributed by atoms with Crippen LogP contribution in [0, 0.1) is 12.8 Å². The summed E-state index contributed by atoms with van der Waals surface area (Å²) in [5.74, 6) is 2.82. The molecule has 0 amide bonds. The number of furan rings is 1. The molecule has 1 unspecified atom stereocenters. The van der Waals surface area contributed by atoms with E-state index >= 15 is 0 Å². The zero-order chi connectivity index (χ0) is 15.1. The van der Waals surface area contributed by atoms with Gasteiger partial charge in [0.15, 0.2) is 0 Å². The molecule has 21 heavy (non-hydrogen) atoms. The zero-order valence-electron chi connectivity index (χ0n) is 13.8. The van der Waals surface area contributed by atoms with Crippen LogP contribution < -0.4 is 5.32 Å². The van der Waals surface area contributed by atoms with Gasteiger partial charge < -0.3 is 14.5 Å². The molecule has 0 saturated carbocycles. The summed E-state index contributed by atoms with van der Waals surface area (Å²) in [7, 11) is 2.17. The topological polar surface area (TPSA) is 37.6 Å². The third kappa shape index (κ3) is 5.46. The monoisotopic (exact) mass is 294 g/mol. The number of rotatable bonds is 8. The van der Waals surface area contributed by atoms with Crippen molar-refractivity contribution in [1.29, 1.82) is 0 Å². The molecule has 1 atom stereocenters. The van der Waals surface area contributed by atoms with E-state index in [1.807, 2.05) is 0 Å². The van der Waals surface area contributed by atoms with Crippen molar-refractivity contribution in [3.8, 4) is 0 Å². The highest BCUT2D eigenvalue weighted by molar-refractivity contribution is 5.20. The minimum absolute atomic E-state index is 0.672. The SMILES string of the molecule is CCCNCc1oc(CN(C)CC2CCCOC2)cc1C. The molecule has 0 aliphatic carbocycles. The normalized spacial score (nSPS) is 19.3. The van der Waals surface area contributed by atoms with Gasteiger partial charge in [0.25, 0.3) is 0 Å². The number of ether oxygens (including phenoxy) is 1. The summed E-state index contributed by atoms with van der Waals surface area (Å²) in [4.78, 5) is 2.35. The number of nitrogens with zero attached hydrogens (tertiary/aromatic N) is 1. The van der Waals surface area contributed by atoms with Crippen LogP contribution >= 0.6 is 0 Å². The number of hydrogen-bond acceptors (Lipinski definition) is 4. The molecule has 0 bridgehead atoms. The molecule has 1 saturated heterocycles. The van der Waals surface area contributed by atoms with Gasteiger partial charge in [0, 0.05) is 13.2 Å². The highest BCUT2D eigenvalue weighted by Gasteiger charge is 2.17. The Morgan fingerprint density at radius 1 is 1.43 bits per heavy atom. The van der Waals surface area contributed by atoms with Crippen LogP contribution in [0.25, 0.3) is 0 Å². The van der Waals surface area contributed by atoms with E-state index in [-0.39, 0.29) is 0 Å². The molecule has 1 aromatic rings. The van der Waals surface area contributed by atoms with Crippen LogP contribution in [0.2, 0.25) is 0 Å². The summed E-state index contributed by atoms with van der Waals surface area (Å²) in [6.45, 7) is 9.99. The lowest BCUT2D eigenvalue weighted by molar-refractivity contribution is 0.0403. The second kappa shape index (κ2) is 8.57. The van der Waals surface area contributed by atoms with Crippen LogP contribution in [0.3, 0.4) is 0 Å². The van der Waals surface area contributed by atoms with E-state index in [1.54, 1.807) is 0 Å². The first kappa shape index (κ1) is 16.5. The number of aryl methyl sites for hydroxylation is 1. The maximum atomic E-state index is 5.99. The lowest BCUT2D eigenvalue weighted by Crippen LogP contribution is -2.30. The molecule has 1 aliphatic heterocycles. The van der Waals surface area contributed by atoms with Gasteiger partial charge in [-0.05, 0) is 57.3 Å². The molecule has 1 aliphatic rings. The van der Waals surface area contributed by atoms with Crippen LogP contribution in [-0.4, -0.2) is 38.3 Å². The van der Waals surface area contributed by atoms with Gasteiger partial charge in [0.1, 0.15) is 11.5 Å². The van der Waals surface area contributed by atoms with Crippen molar-refractivity contribution in [3.63, 3.8) is 0 Å². The van der Waals surface area contributed by atoms with Crippen LogP contribution in [-0.2, 0) is 17.8 Å². The number of nitrogens with one attached hydrogen (secondary N) is 1. The minimum Gasteiger partial charge on any atom is -0.463 e. The zero-order valence-corrected chi connectivity index (χ0v) is 13.8. The van der Waals surface area contributed by atoms with Gasteiger partial charge in [0.2, 0.25) is 0 Å². The molecule has 1 fully saturated rings. The maximum Gasteiger partial charge on any atom is 0.120 e. The second-order valence-electron chi connectivity index (χ2n) is 6.28. The van der Waals surface area contributed by atoms with E-state index in [0.717, 1.165) is 57.3 Å². The number of hydrogen-bond donors (Lipinski definition) is 1. The Labute approximate surface area is 128 Å². The molecule has 2 rings (SSSR count). The third-order valence-corrected chi connectivity index (χ3v) is 4.03. The van der Waals surface area contributed by atoms with E-state index in [0.29, 0.717) is 5.92 Å². The molecule has 4 nitrogen and oxygen atoms in total. The van der Waals surface area contributed by atoms with Crippen molar-refractivity contribution in [3.05, 3.63) is 23.2 Å². The Kier molecular flexibility index (Phi) is 6.74. The van der Waals surface area contributed by atoms with Crippen LogP contribution in [0.1, 0.15) is 43.3 Å². The van der Waals surface area contributed by atoms with Crippen LogP contribution in [0.4, 0.5) is 0 Å². The molecular formula is C17H30N2O2. The fourth-order valence-corrected chi connectivity index (χ4v) is 2.95. The fraction of sp³-hybridized carbons (Fsp3) is 0.765. The van der Waals surface area contributed by atoms with E-state index in [2.05, 4.69) is 37.2 Å². The van der Waals surface area contributed by atoms with Gasteiger partial charge in [-0.2, -0.15) is 0 Å². The summed E-state index contributed by atoms with van der Waals surface area (Å²) in [6, 6.07) is 2.18. The summed E-state index contributed by atoms with van der Waals surface area (Å²) < 4.78 is 11.5. The average molecular weight is 294 g/mol. The van der Waals surface area contributed by atoms with E-state index in [9.17, 15) is 0 Å². The Hall–Kier alpha value is -0.840. The van der Waals surface area contributed by atoms with Gasteiger partial charge in [-0.25, -0.2) is 0 Å². The Morgan fingerprint density at radius 2 is 2.29 bits per heavy atom. The van der Waals surface area contributed by atoms with E-state index < -0.39 is 0 Å². The lowest BCUT2D eigenvalue weighted by atomic mass is 10.0. The molecule has 2 heterocycles. The highest BCUT2D eigenvalue weighted by atomic mass is 16.5. The van der Waals surface area contributed by atoms with Crippen molar-refractivity contribution in [2.75, 3.05) is 33.4 Å². The Morgan fingerprint density at radius 3 is 3.00 bits per heavy atom. The smallest absolute Gasteiger partial charge is 0.120 e. The van der Waals surface area contributed by atoms with Crippen molar-refractivity contribution >= 4 is 0 Å². The van der Waals surface area contributed by atoms with Gasteiger partial charge in [0.05, 0.1) is 19.7 Å². The predicted octanol–water partition coefficient (Wildman–Crippen LogP) is 2.95. The van der Waals surface area contributed by atoms with Gasteiger partial charge >= 0.3 is 0 Å². The van der Waals surface area contributed by atoms with Crippen molar-refractivity contribution < 1.29 is 9.15 Å². The van der Waals surface area contributed by atoms with Crippen LogP contribution in [0.15, 0.2) is 10.5 Å². The first-order valence-corrected chi connectivity index (χ1v) is 8.24. The molecule has 1 aromatic heterocycles. The first-order chi connectivity index (χ1) is 10.2. The standard InChI is InChI=1S/C17H30N2O2/c1-4-7-18-10-17-14(2)9-16(21-17)12-19(3)11-15-6-5-8-20-13-15/h9,15,18H,4-8,10-13H2,1-3H3. The van der Waals surface area contributed by atoms with Gasteiger partial charge in [-0.1, -0.05) is 6.92 Å². The minimum atomic E-state index is 0.672. The molecule has 1 N–H and O–H groups in total. The Balaban J connectivity index is 1.79. The Bertz CT molecular complexity index is 411. The molecule has 4 heteroatoms. The summed E-state index contributed by atoms with van der Waals surface area (Å²) >= 11 is 0. The van der Waals surface area contributed by atoms with Crippen molar-refractivity contribution in [1.82, 2.24) is 10.2 Å². The predicted molar refractivity (Wildman–Crippen MR) is 85.3 cm³/mol. The first-order valence-electron chi connectivity index (χ1n) is 8.24. The van der Waals surface area contributed by atoms with E-state index in [1.165, 1.54) is 18.4 Å². The third-order valence-electron chi connectivity index (χ3n) is 4.03.